The smallest absolute Gasteiger partial charge is 0.335 e. The third-order valence-corrected chi connectivity index (χ3v) is 4.61. The highest BCUT2D eigenvalue weighted by Gasteiger charge is 2.25. The second-order valence-electron chi connectivity index (χ2n) is 8.41. The highest BCUT2D eigenvalue weighted by atomic mass is 16.6. The van der Waals surface area contributed by atoms with Gasteiger partial charge in [-0.3, -0.25) is 9.59 Å². The Morgan fingerprint density at radius 3 is 2.37 bits per heavy atom. The summed E-state index contributed by atoms with van der Waals surface area (Å²) in [4.78, 5) is 35.3. The number of amides is 2. The van der Waals surface area contributed by atoms with E-state index in [0.717, 1.165) is 25.7 Å². The molecule has 0 spiro atoms. The molecule has 1 aliphatic rings. The molecule has 7 heteroatoms. The molecule has 0 heterocycles. The van der Waals surface area contributed by atoms with E-state index in [4.69, 9.17) is 4.74 Å². The molecule has 0 aliphatic heterocycles. The summed E-state index contributed by atoms with van der Waals surface area (Å²) in [6, 6.07) is -0.359. The Bertz CT molecular complexity index is 532. The van der Waals surface area contributed by atoms with Gasteiger partial charge >= 0.3 is 12.0 Å². The van der Waals surface area contributed by atoms with Crippen molar-refractivity contribution in [1.29, 1.82) is 0 Å². The molecule has 1 aliphatic carbocycles. The molecule has 1 saturated carbocycles. The first-order valence-corrected chi connectivity index (χ1v) is 9.92. The van der Waals surface area contributed by atoms with Gasteiger partial charge in [-0.15, -0.1) is 0 Å². The number of esters is 1. The van der Waals surface area contributed by atoms with Crippen molar-refractivity contribution in [2.75, 3.05) is 6.54 Å². The van der Waals surface area contributed by atoms with Gasteiger partial charge in [-0.2, -0.15) is 5.10 Å². The number of rotatable bonds is 8. The van der Waals surface area contributed by atoms with Gasteiger partial charge < -0.3 is 10.1 Å². The second kappa shape index (κ2) is 11.0. The molecule has 0 bridgehead atoms. The summed E-state index contributed by atoms with van der Waals surface area (Å²) >= 11 is 0. The first-order valence-electron chi connectivity index (χ1n) is 9.92. The van der Waals surface area contributed by atoms with E-state index in [0.29, 0.717) is 24.7 Å². The first-order chi connectivity index (χ1) is 12.6. The van der Waals surface area contributed by atoms with Crippen molar-refractivity contribution in [3.8, 4) is 0 Å². The van der Waals surface area contributed by atoms with Crippen molar-refractivity contribution < 1.29 is 19.1 Å². The lowest BCUT2D eigenvalue weighted by Crippen LogP contribution is -2.37. The van der Waals surface area contributed by atoms with Crippen molar-refractivity contribution in [3.63, 3.8) is 0 Å². The van der Waals surface area contributed by atoms with Crippen LogP contribution in [0, 0.1) is 17.8 Å². The fourth-order valence-electron chi connectivity index (χ4n) is 3.18. The molecule has 27 heavy (non-hydrogen) atoms. The average molecular weight is 382 g/mol. The number of hydrazone groups is 1. The number of urea groups is 1. The van der Waals surface area contributed by atoms with E-state index in [1.165, 1.54) is 6.21 Å². The van der Waals surface area contributed by atoms with Crippen LogP contribution in [0.5, 0.6) is 0 Å². The molecule has 0 aromatic carbocycles. The Morgan fingerprint density at radius 1 is 1.19 bits per heavy atom. The number of Topliss-reactive ketones (excluding diaryl/α,β-unsaturated/α-hetero) is 1. The van der Waals surface area contributed by atoms with Gasteiger partial charge in [0.2, 0.25) is 0 Å². The number of hydrogen-bond acceptors (Lipinski definition) is 5. The molecule has 2 amide bonds. The van der Waals surface area contributed by atoms with Crippen LogP contribution in [-0.2, 0) is 14.3 Å². The number of nitrogens with zero attached hydrogens (tertiary/aromatic N) is 1. The molecule has 1 atom stereocenters. The summed E-state index contributed by atoms with van der Waals surface area (Å²) in [6.07, 6.45) is 6.12. The van der Waals surface area contributed by atoms with Crippen LogP contribution < -0.4 is 10.7 Å². The monoisotopic (exact) mass is 381 g/mol. The lowest BCUT2D eigenvalue weighted by molar-refractivity contribution is -0.155. The summed E-state index contributed by atoms with van der Waals surface area (Å²) in [5.74, 6) is 0.548. The topological polar surface area (TPSA) is 96.9 Å². The highest BCUT2D eigenvalue weighted by Crippen LogP contribution is 2.29. The predicted molar refractivity (Wildman–Crippen MR) is 105 cm³/mol. The molecule has 154 valence electrons. The van der Waals surface area contributed by atoms with Gasteiger partial charge in [-0.1, -0.05) is 13.8 Å². The molecule has 1 rings (SSSR count). The van der Waals surface area contributed by atoms with Crippen LogP contribution in [0.2, 0.25) is 0 Å². The van der Waals surface area contributed by atoms with E-state index in [1.807, 2.05) is 34.6 Å². The van der Waals surface area contributed by atoms with Crippen molar-refractivity contribution in [3.05, 3.63) is 0 Å². The summed E-state index contributed by atoms with van der Waals surface area (Å²) in [5, 5.41) is 6.71. The molecule has 0 radical (unpaired) electrons. The minimum absolute atomic E-state index is 0.133. The van der Waals surface area contributed by atoms with Crippen LogP contribution in [0.15, 0.2) is 5.10 Å². The fraction of sp³-hybridized carbons (Fsp3) is 0.800. The number of hydrogen-bond donors (Lipinski definition) is 2. The maximum Gasteiger partial charge on any atom is 0.335 e. The molecular weight excluding hydrogens is 346 g/mol. The Labute approximate surface area is 162 Å². The number of carbonyl (C=O) groups excluding carboxylic acids is 3. The first kappa shape index (κ1) is 23.1. The van der Waals surface area contributed by atoms with Gasteiger partial charge in [0.25, 0.3) is 0 Å². The third-order valence-electron chi connectivity index (χ3n) is 4.61. The van der Waals surface area contributed by atoms with E-state index < -0.39 is 5.60 Å². The highest BCUT2D eigenvalue weighted by molar-refractivity contribution is 5.80. The van der Waals surface area contributed by atoms with Crippen LogP contribution in [0.4, 0.5) is 4.79 Å². The van der Waals surface area contributed by atoms with Gasteiger partial charge in [0.15, 0.2) is 0 Å². The van der Waals surface area contributed by atoms with Crippen molar-refractivity contribution >= 4 is 24.0 Å². The minimum atomic E-state index is -0.505. The Hall–Kier alpha value is -1.92. The second-order valence-corrected chi connectivity index (χ2v) is 8.41. The Morgan fingerprint density at radius 2 is 1.81 bits per heavy atom. The number of ketones is 1. The van der Waals surface area contributed by atoms with E-state index in [1.54, 1.807) is 0 Å². The number of ether oxygens (including phenoxy) is 1. The average Bonchev–Trinajstić information content (AvgIpc) is 2.58. The van der Waals surface area contributed by atoms with E-state index >= 15 is 0 Å². The molecule has 0 saturated heterocycles. The van der Waals surface area contributed by atoms with E-state index in [-0.39, 0.29) is 30.3 Å². The van der Waals surface area contributed by atoms with Gasteiger partial charge in [-0.05, 0) is 52.4 Å². The van der Waals surface area contributed by atoms with Crippen LogP contribution in [0.1, 0.15) is 73.1 Å². The third kappa shape index (κ3) is 10.1. The standard InChI is InChI=1S/C20H35N3O4/c1-6-17(24)16-9-7-15(8-10-16)13-21-19(26)23-22-12-14(2)11-18(25)27-20(3,4)5/h12,14-16H,6-11,13H2,1-5H3,(H2,21,23,26)/b22-12+/t14-,15?,16?/m0/s1. The quantitative estimate of drug-likeness (QED) is 0.382. The summed E-state index contributed by atoms with van der Waals surface area (Å²) in [5.41, 5.74) is 1.92. The Balaban J connectivity index is 2.21. The molecule has 2 N–H and O–H groups in total. The maximum absolute atomic E-state index is 11.8. The van der Waals surface area contributed by atoms with E-state index in [9.17, 15) is 14.4 Å². The maximum atomic E-state index is 11.8. The molecule has 7 nitrogen and oxygen atoms in total. The van der Waals surface area contributed by atoms with Gasteiger partial charge in [0.05, 0.1) is 6.42 Å². The SMILES string of the molecule is CCC(=O)C1CCC(CNC(=O)N/N=C/[C@@H](C)CC(=O)OC(C)(C)C)CC1. The van der Waals surface area contributed by atoms with Crippen LogP contribution in [0.3, 0.4) is 0 Å². The normalized spacial score (nSPS) is 21.5. The van der Waals surface area contributed by atoms with Gasteiger partial charge in [0.1, 0.15) is 11.4 Å². The number of nitrogens with one attached hydrogen (secondary N) is 2. The summed E-state index contributed by atoms with van der Waals surface area (Å²) in [6.45, 7) is 9.80. The van der Waals surface area contributed by atoms with Crippen LogP contribution >= 0.6 is 0 Å². The van der Waals surface area contributed by atoms with E-state index in [2.05, 4.69) is 15.8 Å². The van der Waals surface area contributed by atoms with Crippen molar-refractivity contribution in [1.82, 2.24) is 10.7 Å². The zero-order chi connectivity index (χ0) is 20.4. The lowest BCUT2D eigenvalue weighted by atomic mass is 9.79. The predicted octanol–water partition coefficient (Wildman–Crippen LogP) is 3.42. The van der Waals surface area contributed by atoms with Crippen LogP contribution in [0.25, 0.3) is 0 Å². The van der Waals surface area contributed by atoms with Crippen LogP contribution in [-0.4, -0.2) is 36.1 Å². The molecule has 0 unspecified atom stereocenters. The largest absolute Gasteiger partial charge is 0.460 e. The zero-order valence-corrected chi connectivity index (χ0v) is 17.3. The fourth-order valence-corrected chi connectivity index (χ4v) is 3.18. The van der Waals surface area contributed by atoms with Crippen molar-refractivity contribution in [2.45, 2.75) is 78.7 Å². The molecule has 1 fully saturated rings. The molecule has 0 aromatic rings. The Kier molecular flexibility index (Phi) is 9.46. The minimum Gasteiger partial charge on any atom is -0.460 e. The number of carbonyl (C=O) groups is 3. The summed E-state index contributed by atoms with van der Waals surface area (Å²) in [7, 11) is 0. The van der Waals surface area contributed by atoms with Gasteiger partial charge in [-0.25, -0.2) is 10.2 Å². The molecule has 0 aromatic heterocycles. The lowest BCUT2D eigenvalue weighted by Gasteiger charge is -2.27. The molecular formula is C20H35N3O4. The summed E-state index contributed by atoms with van der Waals surface area (Å²) < 4.78 is 5.25. The van der Waals surface area contributed by atoms with Gasteiger partial charge in [0, 0.05) is 31.0 Å². The van der Waals surface area contributed by atoms with Crippen molar-refractivity contribution in [2.24, 2.45) is 22.9 Å². The zero-order valence-electron chi connectivity index (χ0n) is 17.3.